The van der Waals surface area contributed by atoms with Gasteiger partial charge in [-0.15, -0.1) is 0 Å². The average molecular weight is 249 g/mol. The van der Waals surface area contributed by atoms with Crippen LogP contribution in [-0.2, 0) is 6.54 Å². The summed E-state index contributed by atoms with van der Waals surface area (Å²) in [6.07, 6.45) is -1.18. The van der Waals surface area contributed by atoms with E-state index in [1.54, 1.807) is 12.1 Å². The molecule has 0 saturated heterocycles. The van der Waals surface area contributed by atoms with Crippen LogP contribution >= 0.6 is 0 Å². The molecule has 18 heavy (non-hydrogen) atoms. The number of hydrogen-bond donors (Lipinski definition) is 2. The summed E-state index contributed by atoms with van der Waals surface area (Å²) in [5.41, 5.74) is 0.833. The summed E-state index contributed by atoms with van der Waals surface area (Å²) in [6, 6.07) is 4.44. The third kappa shape index (κ3) is 4.88. The van der Waals surface area contributed by atoms with Crippen molar-refractivity contribution in [2.45, 2.75) is 27.3 Å². The Bertz CT molecular complexity index is 507. The zero-order valence-electron chi connectivity index (χ0n) is 10.7. The molecule has 0 fully saturated rings. The van der Waals surface area contributed by atoms with Gasteiger partial charge in [0.2, 0.25) is 0 Å². The Hall–Kier alpha value is -2.02. The van der Waals surface area contributed by atoms with Crippen molar-refractivity contribution in [3.63, 3.8) is 0 Å². The van der Waals surface area contributed by atoms with Crippen molar-refractivity contribution in [1.82, 2.24) is 5.32 Å². The molecule has 0 radical (unpaired) electrons. The van der Waals surface area contributed by atoms with Crippen molar-refractivity contribution in [3.05, 3.63) is 35.1 Å². The van der Waals surface area contributed by atoms with Crippen LogP contribution in [0.25, 0.3) is 0 Å². The van der Waals surface area contributed by atoms with Crippen molar-refractivity contribution < 1.29 is 14.3 Å². The molecule has 0 saturated carbocycles. The predicted molar refractivity (Wildman–Crippen MR) is 67.6 cm³/mol. The Morgan fingerprint density at radius 1 is 1.44 bits per heavy atom. The molecular weight excluding hydrogens is 233 g/mol. The molecule has 1 aromatic carbocycles. The molecule has 1 aromatic rings. The van der Waals surface area contributed by atoms with Gasteiger partial charge in [0.1, 0.15) is 5.82 Å². The minimum absolute atomic E-state index is 0.0633. The number of rotatable bonds is 2. The normalized spacial score (nSPS) is 10.4. The second-order valence-corrected chi connectivity index (χ2v) is 4.96. The molecular formula is C14H16FNO2. The van der Waals surface area contributed by atoms with Crippen molar-refractivity contribution in [1.29, 1.82) is 0 Å². The summed E-state index contributed by atoms with van der Waals surface area (Å²) in [5, 5.41) is 10.6. The highest BCUT2D eigenvalue weighted by Gasteiger charge is 2.06. The molecule has 0 aromatic heterocycles. The van der Waals surface area contributed by atoms with Gasteiger partial charge in [0.05, 0.1) is 0 Å². The van der Waals surface area contributed by atoms with Gasteiger partial charge >= 0.3 is 6.09 Å². The van der Waals surface area contributed by atoms with Gasteiger partial charge in [0.15, 0.2) is 0 Å². The van der Waals surface area contributed by atoms with Crippen LogP contribution in [0.2, 0.25) is 0 Å². The molecule has 1 amide bonds. The van der Waals surface area contributed by atoms with Crippen LogP contribution in [0.1, 0.15) is 31.9 Å². The second-order valence-electron chi connectivity index (χ2n) is 4.96. The average Bonchev–Trinajstić information content (AvgIpc) is 2.25. The fourth-order valence-corrected chi connectivity index (χ4v) is 1.22. The summed E-state index contributed by atoms with van der Waals surface area (Å²) >= 11 is 0. The molecule has 96 valence electrons. The molecule has 4 heteroatoms. The number of hydrogen-bond acceptors (Lipinski definition) is 1. The second kappa shape index (κ2) is 5.54. The number of nitrogens with one attached hydrogen (secondary N) is 1. The molecule has 2 N–H and O–H groups in total. The Morgan fingerprint density at radius 3 is 2.67 bits per heavy atom. The van der Waals surface area contributed by atoms with Crippen LogP contribution in [0.4, 0.5) is 9.18 Å². The van der Waals surface area contributed by atoms with E-state index in [1.165, 1.54) is 6.07 Å². The summed E-state index contributed by atoms with van der Waals surface area (Å²) in [6.45, 7) is 5.88. The van der Waals surface area contributed by atoms with Crippen LogP contribution in [0.3, 0.4) is 0 Å². The maximum Gasteiger partial charge on any atom is 0.404 e. The first-order chi connectivity index (χ1) is 8.28. The van der Waals surface area contributed by atoms with Gasteiger partial charge < -0.3 is 10.4 Å². The molecule has 0 aliphatic heterocycles. The van der Waals surface area contributed by atoms with Gasteiger partial charge in [0.25, 0.3) is 0 Å². The molecule has 0 atom stereocenters. The van der Waals surface area contributed by atoms with E-state index in [1.807, 2.05) is 20.8 Å². The van der Waals surface area contributed by atoms with Gasteiger partial charge in [0, 0.05) is 23.1 Å². The van der Waals surface area contributed by atoms with Crippen molar-refractivity contribution in [3.8, 4) is 11.8 Å². The van der Waals surface area contributed by atoms with Gasteiger partial charge in [-0.05, 0) is 39.0 Å². The van der Waals surface area contributed by atoms with Crippen LogP contribution in [0.5, 0.6) is 0 Å². The van der Waals surface area contributed by atoms with E-state index in [2.05, 4.69) is 17.2 Å². The first-order valence-corrected chi connectivity index (χ1v) is 5.56. The standard InChI is InChI=1S/C14H16FNO2/c1-14(2,3)7-6-10-4-5-12(15)11(8-10)9-16-13(17)18/h4-5,8,16H,9H2,1-3H3,(H,17,18). The number of carboxylic acid groups (broad SMARTS) is 1. The lowest BCUT2D eigenvalue weighted by molar-refractivity contribution is 0.194. The highest BCUT2D eigenvalue weighted by Crippen LogP contribution is 2.13. The Morgan fingerprint density at radius 2 is 2.11 bits per heavy atom. The number of carbonyl (C=O) groups is 1. The van der Waals surface area contributed by atoms with E-state index < -0.39 is 11.9 Å². The van der Waals surface area contributed by atoms with E-state index in [-0.39, 0.29) is 17.5 Å². The molecule has 0 heterocycles. The SMILES string of the molecule is CC(C)(C)C#Cc1ccc(F)c(CNC(=O)O)c1. The Labute approximate surface area is 106 Å². The van der Waals surface area contributed by atoms with E-state index in [0.29, 0.717) is 5.56 Å². The highest BCUT2D eigenvalue weighted by molar-refractivity contribution is 5.64. The molecule has 3 nitrogen and oxygen atoms in total. The zero-order chi connectivity index (χ0) is 13.8. The summed E-state index contributed by atoms with van der Waals surface area (Å²) in [7, 11) is 0. The third-order valence-corrected chi connectivity index (χ3v) is 2.06. The maximum atomic E-state index is 13.4. The zero-order valence-corrected chi connectivity index (χ0v) is 10.7. The molecule has 0 aliphatic carbocycles. The summed E-state index contributed by atoms with van der Waals surface area (Å²) in [4.78, 5) is 10.4. The van der Waals surface area contributed by atoms with E-state index in [9.17, 15) is 9.18 Å². The number of benzene rings is 1. The summed E-state index contributed by atoms with van der Waals surface area (Å²) < 4.78 is 13.4. The fraction of sp³-hybridized carbons (Fsp3) is 0.357. The minimum Gasteiger partial charge on any atom is -0.465 e. The van der Waals surface area contributed by atoms with Gasteiger partial charge in [-0.1, -0.05) is 11.8 Å². The number of halogens is 1. The highest BCUT2D eigenvalue weighted by atomic mass is 19.1. The maximum absolute atomic E-state index is 13.4. The van der Waals surface area contributed by atoms with Crippen molar-refractivity contribution in [2.24, 2.45) is 5.41 Å². The van der Waals surface area contributed by atoms with Crippen LogP contribution < -0.4 is 5.32 Å². The smallest absolute Gasteiger partial charge is 0.404 e. The van der Waals surface area contributed by atoms with Crippen LogP contribution in [0, 0.1) is 23.1 Å². The third-order valence-electron chi connectivity index (χ3n) is 2.06. The topological polar surface area (TPSA) is 49.3 Å². The van der Waals surface area contributed by atoms with Crippen LogP contribution in [-0.4, -0.2) is 11.2 Å². The lowest BCUT2D eigenvalue weighted by atomic mass is 9.97. The van der Waals surface area contributed by atoms with Crippen molar-refractivity contribution in [2.75, 3.05) is 0 Å². The van der Waals surface area contributed by atoms with Crippen molar-refractivity contribution >= 4 is 6.09 Å². The Balaban J connectivity index is 2.92. The lowest BCUT2D eigenvalue weighted by Gasteiger charge is -2.07. The summed E-state index contributed by atoms with van der Waals surface area (Å²) in [5.74, 6) is 5.55. The van der Waals surface area contributed by atoms with E-state index >= 15 is 0 Å². The number of amides is 1. The quantitative estimate of drug-likeness (QED) is 0.792. The molecule has 0 spiro atoms. The van der Waals surface area contributed by atoms with Gasteiger partial charge in [-0.3, -0.25) is 0 Å². The monoisotopic (exact) mass is 249 g/mol. The molecule has 1 rings (SSSR count). The van der Waals surface area contributed by atoms with E-state index in [4.69, 9.17) is 5.11 Å². The molecule has 0 bridgehead atoms. The lowest BCUT2D eigenvalue weighted by Crippen LogP contribution is -2.20. The molecule has 0 unspecified atom stereocenters. The predicted octanol–water partition coefficient (Wildman–Crippen LogP) is 2.99. The van der Waals surface area contributed by atoms with E-state index in [0.717, 1.165) is 0 Å². The molecule has 0 aliphatic rings. The van der Waals surface area contributed by atoms with Crippen LogP contribution in [0.15, 0.2) is 18.2 Å². The minimum atomic E-state index is -1.18. The first kappa shape index (κ1) is 14.0. The Kier molecular flexibility index (Phi) is 4.33. The van der Waals surface area contributed by atoms with Gasteiger partial charge in [-0.25, -0.2) is 9.18 Å². The van der Waals surface area contributed by atoms with Gasteiger partial charge in [-0.2, -0.15) is 0 Å². The fourth-order valence-electron chi connectivity index (χ4n) is 1.22. The largest absolute Gasteiger partial charge is 0.465 e. The first-order valence-electron chi connectivity index (χ1n) is 5.56.